The number of hydrogen-bond donors (Lipinski definition) is 1. The Morgan fingerprint density at radius 2 is 1.59 bits per heavy atom. The topological polar surface area (TPSA) is 46.2 Å². The summed E-state index contributed by atoms with van der Waals surface area (Å²) in [7, 11) is -3.65. The van der Waals surface area contributed by atoms with Gasteiger partial charge in [-0.1, -0.05) is 61.0 Å². The first kappa shape index (κ1) is 19.8. The highest BCUT2D eigenvalue weighted by atomic mass is 35.5. The van der Waals surface area contributed by atoms with E-state index in [0.29, 0.717) is 10.7 Å². The van der Waals surface area contributed by atoms with Crippen molar-refractivity contribution in [3.63, 3.8) is 0 Å². The highest BCUT2D eigenvalue weighted by molar-refractivity contribution is 7.99. The number of rotatable bonds is 7. The second kappa shape index (κ2) is 8.83. The Morgan fingerprint density at radius 3 is 2.26 bits per heavy atom. The van der Waals surface area contributed by atoms with Crippen LogP contribution in [0.5, 0.6) is 0 Å². The molecule has 1 N–H and O–H groups in total. The lowest BCUT2D eigenvalue weighted by Gasteiger charge is -2.13. The van der Waals surface area contributed by atoms with Gasteiger partial charge in [0, 0.05) is 14.8 Å². The summed E-state index contributed by atoms with van der Waals surface area (Å²) < 4.78 is 28.3. The van der Waals surface area contributed by atoms with Crippen LogP contribution in [0, 0.1) is 0 Å². The van der Waals surface area contributed by atoms with E-state index in [4.69, 9.17) is 11.6 Å². The third kappa shape index (κ3) is 5.28. The van der Waals surface area contributed by atoms with Gasteiger partial charge in [-0.05, 0) is 60.5 Å². The predicted octanol–water partition coefficient (Wildman–Crippen LogP) is 6.24. The van der Waals surface area contributed by atoms with Gasteiger partial charge in [-0.15, -0.1) is 0 Å². The number of halogens is 1. The van der Waals surface area contributed by atoms with Crippen LogP contribution in [0.25, 0.3) is 0 Å². The molecule has 27 heavy (non-hydrogen) atoms. The van der Waals surface area contributed by atoms with Gasteiger partial charge in [0.1, 0.15) is 0 Å². The number of sulfonamides is 1. The molecular weight excluding hydrogens is 398 g/mol. The van der Waals surface area contributed by atoms with Gasteiger partial charge in [0.15, 0.2) is 0 Å². The van der Waals surface area contributed by atoms with E-state index in [-0.39, 0.29) is 4.90 Å². The number of aryl methyl sites for hydroxylation is 1. The highest BCUT2D eigenvalue weighted by Crippen LogP contribution is 2.34. The Kier molecular flexibility index (Phi) is 6.47. The number of hydrogen-bond acceptors (Lipinski definition) is 3. The van der Waals surface area contributed by atoms with Gasteiger partial charge < -0.3 is 0 Å². The van der Waals surface area contributed by atoms with Crippen LogP contribution in [0.1, 0.15) is 18.9 Å². The van der Waals surface area contributed by atoms with Crippen LogP contribution in [0.4, 0.5) is 5.69 Å². The van der Waals surface area contributed by atoms with Crippen molar-refractivity contribution in [2.75, 3.05) is 4.72 Å². The lowest BCUT2D eigenvalue weighted by atomic mass is 10.1. The molecule has 0 radical (unpaired) electrons. The Balaban J connectivity index is 1.83. The first-order valence-electron chi connectivity index (χ1n) is 8.62. The second-order valence-electron chi connectivity index (χ2n) is 6.05. The minimum Gasteiger partial charge on any atom is -0.278 e. The molecule has 0 fully saturated rings. The van der Waals surface area contributed by atoms with Gasteiger partial charge in [0.2, 0.25) is 0 Å². The zero-order valence-corrected chi connectivity index (χ0v) is 17.2. The zero-order chi connectivity index (χ0) is 19.3. The van der Waals surface area contributed by atoms with Crippen LogP contribution in [0.3, 0.4) is 0 Å². The Bertz CT molecular complexity index is 1000. The third-order valence-corrected chi connectivity index (χ3v) is 6.66. The van der Waals surface area contributed by atoms with E-state index in [0.717, 1.165) is 28.2 Å². The van der Waals surface area contributed by atoms with E-state index in [2.05, 4.69) is 11.6 Å². The van der Waals surface area contributed by atoms with Crippen molar-refractivity contribution >= 4 is 39.1 Å². The first-order chi connectivity index (χ1) is 13.0. The average molecular weight is 418 g/mol. The molecule has 0 aromatic heterocycles. The average Bonchev–Trinajstić information content (AvgIpc) is 2.66. The Morgan fingerprint density at radius 1 is 0.926 bits per heavy atom. The molecular formula is C21H20ClNO2S2. The fourth-order valence-corrected chi connectivity index (χ4v) is 4.77. The number of benzene rings is 3. The highest BCUT2D eigenvalue weighted by Gasteiger charge is 2.16. The number of para-hydroxylation sites is 1. The number of anilines is 1. The summed E-state index contributed by atoms with van der Waals surface area (Å²) in [6, 6.07) is 21.8. The molecule has 3 aromatic carbocycles. The summed E-state index contributed by atoms with van der Waals surface area (Å²) in [6.07, 6.45) is 1.97. The molecule has 0 aliphatic carbocycles. The zero-order valence-electron chi connectivity index (χ0n) is 14.9. The van der Waals surface area contributed by atoms with E-state index in [1.165, 1.54) is 11.8 Å². The van der Waals surface area contributed by atoms with Crippen LogP contribution < -0.4 is 4.72 Å². The SMILES string of the molecule is CCCc1ccc(S(=O)(=O)Nc2ccccc2Sc2ccc(Cl)cc2)cc1. The van der Waals surface area contributed by atoms with Crippen LogP contribution in [0.2, 0.25) is 5.02 Å². The molecule has 6 heteroatoms. The van der Waals surface area contributed by atoms with Gasteiger partial charge in [-0.25, -0.2) is 8.42 Å². The van der Waals surface area contributed by atoms with E-state index in [1.807, 2.05) is 54.6 Å². The molecule has 0 heterocycles. The summed E-state index contributed by atoms with van der Waals surface area (Å²) in [5, 5.41) is 0.667. The monoisotopic (exact) mass is 417 g/mol. The Labute approximate surface area is 169 Å². The van der Waals surface area contributed by atoms with Crippen LogP contribution in [-0.4, -0.2) is 8.42 Å². The van der Waals surface area contributed by atoms with Crippen molar-refractivity contribution in [1.29, 1.82) is 0 Å². The maximum Gasteiger partial charge on any atom is 0.261 e. The third-order valence-electron chi connectivity index (χ3n) is 3.95. The standard InChI is InChI=1S/C21H20ClNO2S2/c1-2-5-16-8-14-19(15-9-16)27(24,25)23-20-6-3-4-7-21(20)26-18-12-10-17(22)11-13-18/h3-4,6-15,23H,2,5H2,1H3. The predicted molar refractivity (Wildman–Crippen MR) is 113 cm³/mol. The van der Waals surface area contributed by atoms with Gasteiger partial charge in [-0.2, -0.15) is 0 Å². The first-order valence-corrected chi connectivity index (χ1v) is 11.3. The minimum atomic E-state index is -3.65. The van der Waals surface area contributed by atoms with E-state index in [9.17, 15) is 8.42 Å². The van der Waals surface area contributed by atoms with Crippen LogP contribution in [0.15, 0.2) is 87.5 Å². The van der Waals surface area contributed by atoms with E-state index >= 15 is 0 Å². The smallest absolute Gasteiger partial charge is 0.261 e. The largest absolute Gasteiger partial charge is 0.278 e. The molecule has 0 bridgehead atoms. The number of nitrogens with one attached hydrogen (secondary N) is 1. The second-order valence-corrected chi connectivity index (χ2v) is 9.29. The van der Waals surface area contributed by atoms with Crippen molar-refractivity contribution in [1.82, 2.24) is 0 Å². The lowest BCUT2D eigenvalue weighted by molar-refractivity contribution is 0.601. The van der Waals surface area contributed by atoms with Crippen molar-refractivity contribution in [2.24, 2.45) is 0 Å². The maximum absolute atomic E-state index is 12.8. The molecule has 3 nitrogen and oxygen atoms in total. The van der Waals surface area contributed by atoms with Crippen molar-refractivity contribution in [3.8, 4) is 0 Å². The van der Waals surface area contributed by atoms with Crippen LogP contribution >= 0.6 is 23.4 Å². The summed E-state index contributed by atoms with van der Waals surface area (Å²) >= 11 is 7.41. The summed E-state index contributed by atoms with van der Waals surface area (Å²) in [6.45, 7) is 2.10. The van der Waals surface area contributed by atoms with E-state index in [1.54, 1.807) is 18.2 Å². The molecule has 140 valence electrons. The molecule has 0 amide bonds. The normalized spacial score (nSPS) is 11.3. The molecule has 0 aliphatic rings. The summed E-state index contributed by atoms with van der Waals surface area (Å²) in [5.41, 5.74) is 1.69. The van der Waals surface area contributed by atoms with Crippen molar-refractivity contribution in [2.45, 2.75) is 34.5 Å². The van der Waals surface area contributed by atoms with Gasteiger partial charge in [0.25, 0.3) is 10.0 Å². The van der Waals surface area contributed by atoms with Crippen molar-refractivity contribution in [3.05, 3.63) is 83.4 Å². The molecule has 0 saturated carbocycles. The fraction of sp³-hybridized carbons (Fsp3) is 0.143. The van der Waals surface area contributed by atoms with Crippen LogP contribution in [-0.2, 0) is 16.4 Å². The molecule has 3 aromatic rings. The molecule has 0 unspecified atom stereocenters. The molecule has 3 rings (SSSR count). The molecule has 0 spiro atoms. The summed E-state index contributed by atoms with van der Waals surface area (Å²) in [5.74, 6) is 0. The summed E-state index contributed by atoms with van der Waals surface area (Å²) in [4.78, 5) is 2.06. The lowest BCUT2D eigenvalue weighted by Crippen LogP contribution is -2.13. The Hall–Kier alpha value is -1.95. The quantitative estimate of drug-likeness (QED) is 0.494. The van der Waals surface area contributed by atoms with Gasteiger partial charge in [0.05, 0.1) is 10.6 Å². The molecule has 0 aliphatic heterocycles. The molecule has 0 saturated heterocycles. The minimum absolute atomic E-state index is 0.258. The van der Waals surface area contributed by atoms with Crippen molar-refractivity contribution < 1.29 is 8.42 Å². The van der Waals surface area contributed by atoms with Gasteiger partial charge >= 0.3 is 0 Å². The van der Waals surface area contributed by atoms with E-state index < -0.39 is 10.0 Å². The molecule has 0 atom stereocenters. The fourth-order valence-electron chi connectivity index (χ4n) is 2.60. The van der Waals surface area contributed by atoms with Gasteiger partial charge in [-0.3, -0.25) is 4.72 Å². The maximum atomic E-state index is 12.8.